The zero-order chi connectivity index (χ0) is 14.7. The van der Waals surface area contributed by atoms with Crippen LogP contribution in [-0.2, 0) is 6.42 Å². The molecule has 2 aromatic rings. The summed E-state index contributed by atoms with van der Waals surface area (Å²) in [7, 11) is 1.68. The van der Waals surface area contributed by atoms with Gasteiger partial charge in [0, 0.05) is 13.1 Å². The number of rotatable bonds is 5. The third-order valence-corrected chi connectivity index (χ3v) is 3.85. The quantitative estimate of drug-likeness (QED) is 0.920. The molecule has 0 saturated heterocycles. The van der Waals surface area contributed by atoms with Crippen LogP contribution in [0.15, 0.2) is 33.4 Å². The van der Waals surface area contributed by atoms with Crippen LogP contribution in [0.25, 0.3) is 0 Å². The Bertz CT molecular complexity index is 602. The lowest BCUT2D eigenvalue weighted by Gasteiger charge is -2.23. The minimum atomic E-state index is -1.18. The van der Waals surface area contributed by atoms with Crippen LogP contribution in [0.5, 0.6) is 0 Å². The van der Waals surface area contributed by atoms with Crippen molar-refractivity contribution in [2.24, 2.45) is 0 Å². The molecule has 2 heterocycles. The van der Waals surface area contributed by atoms with Gasteiger partial charge in [0.1, 0.15) is 0 Å². The van der Waals surface area contributed by atoms with E-state index >= 15 is 0 Å². The van der Waals surface area contributed by atoms with Crippen molar-refractivity contribution in [2.45, 2.75) is 19.4 Å². The third kappa shape index (κ3) is 3.08. The molecular formula is C14H15NO4S. The van der Waals surface area contributed by atoms with Gasteiger partial charge in [-0.3, -0.25) is 4.79 Å². The molecule has 0 spiro atoms. The second-order valence-electron chi connectivity index (χ2n) is 4.57. The number of carbonyl (C=O) groups excluding carboxylic acids is 1. The molecule has 0 saturated carbocycles. The molecule has 0 aromatic carbocycles. The van der Waals surface area contributed by atoms with Gasteiger partial charge in [0.25, 0.3) is 5.91 Å². The van der Waals surface area contributed by atoms with E-state index in [9.17, 15) is 9.59 Å². The number of amides is 1. The van der Waals surface area contributed by atoms with Gasteiger partial charge in [-0.25, -0.2) is 4.79 Å². The summed E-state index contributed by atoms with van der Waals surface area (Å²) in [6.07, 6.45) is 0.748. The lowest BCUT2D eigenvalue weighted by atomic mass is 10.1. The standard InChI is InChI=1S/C14H15NO4S/c1-9(7-10-5-6-20-8-10)15(2)13(16)11-3-4-12(19-11)14(17)18/h3-6,8-9H,7H2,1-2H3,(H,17,18). The van der Waals surface area contributed by atoms with Gasteiger partial charge in [-0.2, -0.15) is 11.3 Å². The largest absolute Gasteiger partial charge is 0.475 e. The van der Waals surface area contributed by atoms with Gasteiger partial charge in [0.15, 0.2) is 5.76 Å². The summed E-state index contributed by atoms with van der Waals surface area (Å²) < 4.78 is 5.02. The number of carboxylic acid groups (broad SMARTS) is 1. The number of carbonyl (C=O) groups is 2. The summed E-state index contributed by atoms with van der Waals surface area (Å²) in [5.74, 6) is -1.69. The van der Waals surface area contributed by atoms with E-state index in [0.29, 0.717) is 0 Å². The van der Waals surface area contributed by atoms with E-state index in [1.54, 1.807) is 23.3 Å². The number of furan rings is 1. The third-order valence-electron chi connectivity index (χ3n) is 3.12. The normalized spacial score (nSPS) is 12.1. The lowest BCUT2D eigenvalue weighted by molar-refractivity contribution is 0.0647. The number of likely N-dealkylation sites (N-methyl/N-ethyl adjacent to an activating group) is 1. The highest BCUT2D eigenvalue weighted by Gasteiger charge is 2.22. The molecule has 5 nitrogen and oxygen atoms in total. The number of aromatic carboxylic acids is 1. The Balaban J connectivity index is 2.05. The van der Waals surface area contributed by atoms with Crippen LogP contribution in [0, 0.1) is 0 Å². The summed E-state index contributed by atoms with van der Waals surface area (Å²) in [6, 6.07) is 4.69. The molecule has 0 fully saturated rings. The molecule has 1 N–H and O–H groups in total. The van der Waals surface area contributed by atoms with Gasteiger partial charge in [-0.15, -0.1) is 0 Å². The number of carboxylic acids is 1. The molecule has 0 radical (unpaired) electrons. The molecular weight excluding hydrogens is 278 g/mol. The monoisotopic (exact) mass is 293 g/mol. The molecule has 20 heavy (non-hydrogen) atoms. The maximum atomic E-state index is 12.2. The summed E-state index contributed by atoms with van der Waals surface area (Å²) in [4.78, 5) is 24.5. The predicted molar refractivity (Wildman–Crippen MR) is 75.2 cm³/mol. The molecule has 0 bridgehead atoms. The van der Waals surface area contributed by atoms with E-state index in [4.69, 9.17) is 9.52 Å². The SMILES string of the molecule is CC(Cc1ccsc1)N(C)C(=O)c1ccc(C(=O)O)o1. The van der Waals surface area contributed by atoms with Crippen molar-refractivity contribution in [2.75, 3.05) is 7.05 Å². The summed E-state index contributed by atoms with van der Waals surface area (Å²) >= 11 is 1.62. The van der Waals surface area contributed by atoms with Gasteiger partial charge >= 0.3 is 5.97 Å². The van der Waals surface area contributed by atoms with Crippen molar-refractivity contribution in [3.8, 4) is 0 Å². The highest BCUT2D eigenvalue weighted by Crippen LogP contribution is 2.15. The summed E-state index contributed by atoms with van der Waals surface area (Å²) in [6.45, 7) is 1.94. The van der Waals surface area contributed by atoms with Crippen LogP contribution in [0.3, 0.4) is 0 Å². The molecule has 0 aliphatic rings. The Kier molecular flexibility index (Phi) is 4.24. The average molecular weight is 293 g/mol. The molecule has 0 aliphatic carbocycles. The van der Waals surface area contributed by atoms with Gasteiger partial charge < -0.3 is 14.4 Å². The molecule has 106 valence electrons. The first kappa shape index (κ1) is 14.3. The Morgan fingerprint density at radius 1 is 1.35 bits per heavy atom. The Morgan fingerprint density at radius 3 is 2.60 bits per heavy atom. The second-order valence-corrected chi connectivity index (χ2v) is 5.35. The zero-order valence-corrected chi connectivity index (χ0v) is 12.0. The summed E-state index contributed by atoms with van der Waals surface area (Å²) in [5.41, 5.74) is 1.17. The van der Waals surface area contributed by atoms with Gasteiger partial charge in [-0.05, 0) is 47.9 Å². The fourth-order valence-electron chi connectivity index (χ4n) is 1.83. The van der Waals surface area contributed by atoms with Gasteiger partial charge in [0.2, 0.25) is 5.76 Å². The van der Waals surface area contributed by atoms with Crippen molar-refractivity contribution in [1.29, 1.82) is 0 Å². The van der Waals surface area contributed by atoms with E-state index in [2.05, 4.69) is 0 Å². The molecule has 6 heteroatoms. The Labute approximate surface area is 120 Å². The molecule has 1 amide bonds. The average Bonchev–Trinajstić information content (AvgIpc) is 3.07. The van der Waals surface area contributed by atoms with Crippen LogP contribution in [0.4, 0.5) is 0 Å². The van der Waals surface area contributed by atoms with E-state index in [-0.39, 0.29) is 23.5 Å². The smallest absolute Gasteiger partial charge is 0.371 e. The van der Waals surface area contributed by atoms with E-state index < -0.39 is 5.97 Å². The molecule has 1 atom stereocenters. The van der Waals surface area contributed by atoms with Crippen molar-refractivity contribution >= 4 is 23.2 Å². The zero-order valence-electron chi connectivity index (χ0n) is 11.2. The molecule has 2 aromatic heterocycles. The van der Waals surface area contributed by atoms with Gasteiger partial charge in [0.05, 0.1) is 0 Å². The van der Waals surface area contributed by atoms with Crippen LogP contribution >= 0.6 is 11.3 Å². The van der Waals surface area contributed by atoms with Crippen LogP contribution < -0.4 is 0 Å². The number of nitrogens with zero attached hydrogens (tertiary/aromatic N) is 1. The Morgan fingerprint density at radius 2 is 2.05 bits per heavy atom. The Hall–Kier alpha value is -2.08. The van der Waals surface area contributed by atoms with E-state index in [0.717, 1.165) is 6.42 Å². The number of hydrogen-bond acceptors (Lipinski definition) is 4. The highest BCUT2D eigenvalue weighted by atomic mass is 32.1. The van der Waals surface area contributed by atoms with E-state index in [1.165, 1.54) is 17.7 Å². The maximum absolute atomic E-state index is 12.2. The number of hydrogen-bond donors (Lipinski definition) is 1. The highest BCUT2D eigenvalue weighted by molar-refractivity contribution is 7.07. The molecule has 2 rings (SSSR count). The van der Waals surface area contributed by atoms with Crippen molar-refractivity contribution < 1.29 is 19.1 Å². The van der Waals surface area contributed by atoms with Crippen LogP contribution in [-0.4, -0.2) is 35.0 Å². The van der Waals surface area contributed by atoms with E-state index in [1.807, 2.05) is 23.8 Å². The first-order valence-corrected chi connectivity index (χ1v) is 7.04. The van der Waals surface area contributed by atoms with Crippen molar-refractivity contribution in [3.05, 3.63) is 46.0 Å². The maximum Gasteiger partial charge on any atom is 0.371 e. The second kappa shape index (κ2) is 5.92. The van der Waals surface area contributed by atoms with Crippen molar-refractivity contribution in [1.82, 2.24) is 4.90 Å². The minimum Gasteiger partial charge on any atom is -0.475 e. The minimum absolute atomic E-state index is 0.00419. The lowest BCUT2D eigenvalue weighted by Crippen LogP contribution is -2.36. The number of thiophene rings is 1. The first-order chi connectivity index (χ1) is 9.49. The van der Waals surface area contributed by atoms with Crippen LogP contribution in [0.2, 0.25) is 0 Å². The van der Waals surface area contributed by atoms with Gasteiger partial charge in [-0.1, -0.05) is 0 Å². The fraction of sp³-hybridized carbons (Fsp3) is 0.286. The predicted octanol–water partition coefficient (Wildman–Crippen LogP) is 2.74. The van der Waals surface area contributed by atoms with Crippen LogP contribution in [0.1, 0.15) is 33.6 Å². The molecule has 1 unspecified atom stereocenters. The molecule has 0 aliphatic heterocycles. The fourth-order valence-corrected chi connectivity index (χ4v) is 2.51. The summed E-state index contributed by atoms with van der Waals surface area (Å²) in [5, 5.41) is 12.8. The van der Waals surface area contributed by atoms with Crippen molar-refractivity contribution in [3.63, 3.8) is 0 Å². The topological polar surface area (TPSA) is 70.8 Å². The first-order valence-electron chi connectivity index (χ1n) is 6.10.